The summed E-state index contributed by atoms with van der Waals surface area (Å²) in [5.74, 6) is -0.689. The van der Waals surface area contributed by atoms with Crippen LogP contribution in [0.25, 0.3) is 0 Å². The van der Waals surface area contributed by atoms with Crippen LogP contribution in [0.4, 0.5) is 0 Å². The highest BCUT2D eigenvalue weighted by Gasteiger charge is 2.17. The number of ether oxygens (including phenoxy) is 1. The normalized spacial score (nSPS) is 12.3. The summed E-state index contributed by atoms with van der Waals surface area (Å²) in [5.41, 5.74) is 0.613. The number of esters is 1. The van der Waals surface area contributed by atoms with Crippen molar-refractivity contribution in [3.05, 3.63) is 33.8 Å². The lowest BCUT2D eigenvalue weighted by Gasteiger charge is -2.09. The van der Waals surface area contributed by atoms with E-state index >= 15 is 0 Å². The van der Waals surface area contributed by atoms with E-state index in [1.54, 1.807) is 18.2 Å². The van der Waals surface area contributed by atoms with Crippen LogP contribution < -0.4 is 0 Å². The molecule has 1 atom stereocenters. The largest absolute Gasteiger partial charge is 0.467 e. The highest BCUT2D eigenvalue weighted by atomic mass is 35.5. The number of halogens is 2. The Kier molecular flexibility index (Phi) is 4.39. The van der Waals surface area contributed by atoms with Crippen LogP contribution in [0, 0.1) is 0 Å². The van der Waals surface area contributed by atoms with Crippen LogP contribution in [0.5, 0.6) is 0 Å². The monoisotopic (exact) mass is 248 g/mol. The molecule has 5 heteroatoms. The first kappa shape index (κ1) is 12.3. The molecule has 1 unspecified atom stereocenters. The summed E-state index contributed by atoms with van der Waals surface area (Å²) >= 11 is 11.6. The van der Waals surface area contributed by atoms with Crippen LogP contribution >= 0.6 is 23.2 Å². The average molecular weight is 249 g/mol. The van der Waals surface area contributed by atoms with Crippen LogP contribution in [-0.2, 0) is 16.0 Å². The highest BCUT2D eigenvalue weighted by molar-refractivity contribution is 6.33. The molecule has 0 aromatic heterocycles. The molecule has 0 aliphatic rings. The fraction of sp³-hybridized carbons (Fsp3) is 0.300. The smallest absolute Gasteiger partial charge is 0.335 e. The zero-order chi connectivity index (χ0) is 11.4. The van der Waals surface area contributed by atoms with E-state index in [4.69, 9.17) is 23.2 Å². The minimum atomic E-state index is -1.22. The van der Waals surface area contributed by atoms with E-state index in [0.717, 1.165) is 0 Å². The van der Waals surface area contributed by atoms with Gasteiger partial charge in [0.2, 0.25) is 0 Å². The van der Waals surface area contributed by atoms with Gasteiger partial charge in [-0.1, -0.05) is 23.2 Å². The van der Waals surface area contributed by atoms with Crippen molar-refractivity contribution in [1.82, 2.24) is 0 Å². The van der Waals surface area contributed by atoms with Crippen molar-refractivity contribution in [2.75, 3.05) is 7.11 Å². The van der Waals surface area contributed by atoms with Gasteiger partial charge in [-0.3, -0.25) is 0 Å². The second-order valence-electron chi connectivity index (χ2n) is 2.98. The zero-order valence-electron chi connectivity index (χ0n) is 8.04. The highest BCUT2D eigenvalue weighted by Crippen LogP contribution is 2.22. The van der Waals surface area contributed by atoms with Gasteiger partial charge in [0, 0.05) is 16.5 Å². The molecule has 0 saturated carbocycles. The molecular weight excluding hydrogens is 239 g/mol. The number of rotatable bonds is 3. The van der Waals surface area contributed by atoms with Gasteiger partial charge in [0.05, 0.1) is 7.11 Å². The lowest BCUT2D eigenvalue weighted by Crippen LogP contribution is -2.24. The molecule has 15 heavy (non-hydrogen) atoms. The van der Waals surface area contributed by atoms with Crippen molar-refractivity contribution in [2.45, 2.75) is 12.5 Å². The van der Waals surface area contributed by atoms with E-state index < -0.39 is 12.1 Å². The minimum Gasteiger partial charge on any atom is -0.467 e. The Morgan fingerprint density at radius 1 is 1.53 bits per heavy atom. The van der Waals surface area contributed by atoms with E-state index in [-0.39, 0.29) is 6.42 Å². The molecule has 0 heterocycles. The van der Waals surface area contributed by atoms with Crippen molar-refractivity contribution >= 4 is 29.2 Å². The molecule has 1 aromatic carbocycles. The van der Waals surface area contributed by atoms with Crippen molar-refractivity contribution in [1.29, 1.82) is 0 Å². The van der Waals surface area contributed by atoms with Gasteiger partial charge < -0.3 is 9.84 Å². The first-order valence-corrected chi connectivity index (χ1v) is 5.00. The lowest BCUT2D eigenvalue weighted by molar-refractivity contribution is -0.150. The molecule has 1 aromatic rings. The van der Waals surface area contributed by atoms with E-state index in [0.29, 0.717) is 15.6 Å². The fourth-order valence-electron chi connectivity index (χ4n) is 1.13. The van der Waals surface area contributed by atoms with Gasteiger partial charge in [0.25, 0.3) is 0 Å². The SMILES string of the molecule is COC(=O)C(O)Cc1cc(Cl)ccc1Cl. The third-order valence-corrected chi connectivity index (χ3v) is 2.50. The topological polar surface area (TPSA) is 46.5 Å². The van der Waals surface area contributed by atoms with Crippen molar-refractivity contribution in [2.24, 2.45) is 0 Å². The zero-order valence-corrected chi connectivity index (χ0v) is 9.55. The van der Waals surface area contributed by atoms with E-state index in [1.165, 1.54) is 7.11 Å². The molecule has 3 nitrogen and oxygen atoms in total. The molecule has 0 spiro atoms. The Morgan fingerprint density at radius 3 is 2.80 bits per heavy atom. The Balaban J connectivity index is 2.80. The number of aliphatic hydroxyl groups excluding tert-OH is 1. The maximum Gasteiger partial charge on any atom is 0.335 e. The van der Waals surface area contributed by atoms with E-state index in [2.05, 4.69) is 4.74 Å². The second-order valence-corrected chi connectivity index (χ2v) is 3.82. The molecule has 0 aliphatic heterocycles. The second kappa shape index (κ2) is 5.35. The number of aliphatic hydroxyl groups is 1. The van der Waals surface area contributed by atoms with Crippen LogP contribution in [0.3, 0.4) is 0 Å². The predicted molar refractivity (Wildman–Crippen MR) is 58.2 cm³/mol. The Bertz CT molecular complexity index is 366. The summed E-state index contributed by atoms with van der Waals surface area (Å²) in [6.07, 6.45) is -1.13. The summed E-state index contributed by atoms with van der Waals surface area (Å²) < 4.78 is 4.39. The van der Waals surface area contributed by atoms with Crippen molar-refractivity contribution in [3.63, 3.8) is 0 Å². The molecule has 82 valence electrons. The van der Waals surface area contributed by atoms with Gasteiger partial charge >= 0.3 is 5.97 Å². The molecule has 0 fully saturated rings. The molecule has 0 aliphatic carbocycles. The fourth-order valence-corrected chi connectivity index (χ4v) is 1.52. The van der Waals surface area contributed by atoms with Gasteiger partial charge in [0.15, 0.2) is 6.10 Å². The van der Waals surface area contributed by atoms with Gasteiger partial charge in [-0.25, -0.2) is 4.79 Å². The van der Waals surface area contributed by atoms with Gasteiger partial charge in [-0.2, -0.15) is 0 Å². The van der Waals surface area contributed by atoms with Crippen LogP contribution in [-0.4, -0.2) is 24.3 Å². The molecular formula is C10H10Cl2O3. The van der Waals surface area contributed by atoms with E-state index in [9.17, 15) is 9.90 Å². The number of benzene rings is 1. The predicted octanol–water partition coefficient (Wildman–Crippen LogP) is 2.07. The first-order chi connectivity index (χ1) is 7.04. The van der Waals surface area contributed by atoms with Crippen molar-refractivity contribution < 1.29 is 14.6 Å². The molecule has 0 bridgehead atoms. The van der Waals surface area contributed by atoms with Crippen LogP contribution in [0.2, 0.25) is 10.0 Å². The maximum atomic E-state index is 11.0. The molecule has 1 rings (SSSR count). The molecule has 1 N–H and O–H groups in total. The molecule has 0 amide bonds. The summed E-state index contributed by atoms with van der Waals surface area (Å²) in [4.78, 5) is 11.0. The summed E-state index contributed by atoms with van der Waals surface area (Å²) in [6.45, 7) is 0. The Morgan fingerprint density at radius 2 is 2.20 bits per heavy atom. The Hall–Kier alpha value is -0.770. The molecule has 0 radical (unpaired) electrons. The summed E-state index contributed by atoms with van der Waals surface area (Å²) in [5, 5.41) is 10.4. The standard InChI is InChI=1S/C10H10Cl2O3/c1-15-10(14)9(13)5-6-4-7(11)2-3-8(6)12/h2-4,9,13H,5H2,1H3. The number of methoxy groups -OCH3 is 1. The Labute approximate surface area is 97.6 Å². The van der Waals surface area contributed by atoms with Gasteiger partial charge in [-0.05, 0) is 23.8 Å². The molecule has 0 saturated heterocycles. The van der Waals surface area contributed by atoms with Crippen LogP contribution in [0.15, 0.2) is 18.2 Å². The minimum absolute atomic E-state index is 0.0894. The number of carbonyl (C=O) groups excluding carboxylic acids is 1. The summed E-state index contributed by atoms with van der Waals surface area (Å²) in [7, 11) is 1.21. The number of hydrogen-bond donors (Lipinski definition) is 1. The van der Waals surface area contributed by atoms with Crippen LogP contribution in [0.1, 0.15) is 5.56 Å². The number of carbonyl (C=O) groups is 1. The lowest BCUT2D eigenvalue weighted by atomic mass is 10.1. The summed E-state index contributed by atoms with van der Waals surface area (Å²) in [6, 6.07) is 4.86. The van der Waals surface area contributed by atoms with E-state index in [1.807, 2.05) is 0 Å². The quantitative estimate of drug-likeness (QED) is 0.834. The number of hydrogen-bond acceptors (Lipinski definition) is 3. The van der Waals surface area contributed by atoms with Gasteiger partial charge in [0.1, 0.15) is 0 Å². The third-order valence-electron chi connectivity index (χ3n) is 1.89. The van der Waals surface area contributed by atoms with Gasteiger partial charge in [-0.15, -0.1) is 0 Å². The maximum absolute atomic E-state index is 11.0. The first-order valence-electron chi connectivity index (χ1n) is 4.24. The van der Waals surface area contributed by atoms with Crippen molar-refractivity contribution in [3.8, 4) is 0 Å². The third kappa shape index (κ3) is 3.38. The average Bonchev–Trinajstić information content (AvgIpc) is 2.22.